The van der Waals surface area contributed by atoms with E-state index in [1.165, 1.54) is 9.87 Å². The summed E-state index contributed by atoms with van der Waals surface area (Å²) in [5.41, 5.74) is 4.12. The number of carbonyl (C=O) groups excluding carboxylic acids is 1. The third-order valence-electron chi connectivity index (χ3n) is 6.11. The van der Waals surface area contributed by atoms with Crippen LogP contribution >= 0.6 is 0 Å². The molecule has 1 amide bonds. The van der Waals surface area contributed by atoms with E-state index in [-0.39, 0.29) is 11.8 Å². The first kappa shape index (κ1) is 21.5. The molecular formula is C25H28N2O3S. The molecule has 1 N–H and O–H groups in total. The first-order chi connectivity index (χ1) is 14.8. The Hall–Kier alpha value is -2.70. The van der Waals surface area contributed by atoms with E-state index in [4.69, 9.17) is 0 Å². The maximum atomic E-state index is 13.1. The number of benzene rings is 3. The standard InChI is InChI=1S/C25H28N2O3S/c1-17-14-18(2)24(19(3)15-17)26-25(28)21-10-12-27(13-11-21)31(29,30)23-9-8-20-6-4-5-7-22(20)16-23/h4-9,14-16,21H,10-13H2,1-3H3,(H,26,28). The van der Waals surface area contributed by atoms with Gasteiger partial charge in [-0.1, -0.05) is 48.0 Å². The SMILES string of the molecule is Cc1cc(C)c(NC(=O)C2CCN(S(=O)(=O)c3ccc4ccccc4c3)CC2)c(C)c1. The highest BCUT2D eigenvalue weighted by Crippen LogP contribution is 2.28. The van der Waals surface area contributed by atoms with E-state index in [9.17, 15) is 13.2 Å². The quantitative estimate of drug-likeness (QED) is 0.639. The average molecular weight is 437 g/mol. The van der Waals surface area contributed by atoms with Crippen LogP contribution in [0.1, 0.15) is 29.5 Å². The predicted octanol–water partition coefficient (Wildman–Crippen LogP) is 4.80. The van der Waals surface area contributed by atoms with E-state index >= 15 is 0 Å². The second-order valence-electron chi connectivity index (χ2n) is 8.45. The summed E-state index contributed by atoms with van der Waals surface area (Å²) in [6.45, 7) is 6.72. The molecule has 3 aromatic carbocycles. The molecule has 5 nitrogen and oxygen atoms in total. The average Bonchev–Trinajstić information content (AvgIpc) is 2.75. The van der Waals surface area contributed by atoms with Crippen LogP contribution in [0, 0.1) is 26.7 Å². The molecule has 1 heterocycles. The summed E-state index contributed by atoms with van der Waals surface area (Å²) in [5, 5.41) is 4.99. The van der Waals surface area contributed by atoms with Gasteiger partial charge < -0.3 is 5.32 Å². The molecule has 31 heavy (non-hydrogen) atoms. The Morgan fingerprint density at radius 3 is 2.16 bits per heavy atom. The number of anilines is 1. The maximum absolute atomic E-state index is 13.1. The van der Waals surface area contributed by atoms with Gasteiger partial charge >= 0.3 is 0 Å². The Morgan fingerprint density at radius 2 is 1.52 bits per heavy atom. The minimum Gasteiger partial charge on any atom is -0.325 e. The molecule has 0 unspecified atom stereocenters. The maximum Gasteiger partial charge on any atom is 0.243 e. The van der Waals surface area contributed by atoms with Gasteiger partial charge in [0.1, 0.15) is 0 Å². The van der Waals surface area contributed by atoms with Crippen LogP contribution in [-0.2, 0) is 14.8 Å². The minimum absolute atomic E-state index is 0.0298. The van der Waals surface area contributed by atoms with Crippen LogP contribution in [0.25, 0.3) is 10.8 Å². The predicted molar refractivity (Wildman–Crippen MR) is 125 cm³/mol. The lowest BCUT2D eigenvalue weighted by Crippen LogP contribution is -2.41. The van der Waals surface area contributed by atoms with Crippen LogP contribution in [0.3, 0.4) is 0 Å². The van der Waals surface area contributed by atoms with Gasteiger partial charge in [-0.3, -0.25) is 4.79 Å². The molecule has 0 saturated carbocycles. The molecular weight excluding hydrogens is 408 g/mol. The van der Waals surface area contributed by atoms with Crippen molar-refractivity contribution in [2.75, 3.05) is 18.4 Å². The summed E-state index contributed by atoms with van der Waals surface area (Å²) >= 11 is 0. The van der Waals surface area contributed by atoms with Crippen LogP contribution in [0.5, 0.6) is 0 Å². The summed E-state index contributed by atoms with van der Waals surface area (Å²) in [7, 11) is -3.58. The van der Waals surface area contributed by atoms with Crippen LogP contribution in [0.15, 0.2) is 59.5 Å². The number of fused-ring (bicyclic) bond motifs is 1. The Labute approximate surface area is 184 Å². The molecule has 6 heteroatoms. The van der Waals surface area contributed by atoms with Crippen LogP contribution in [0.2, 0.25) is 0 Å². The molecule has 3 aromatic rings. The Morgan fingerprint density at radius 1 is 0.903 bits per heavy atom. The number of amides is 1. The first-order valence-corrected chi connectivity index (χ1v) is 12.1. The molecule has 0 radical (unpaired) electrons. The molecule has 1 aliphatic rings. The van der Waals surface area contributed by atoms with Gasteiger partial charge in [0.2, 0.25) is 15.9 Å². The number of nitrogens with one attached hydrogen (secondary N) is 1. The summed E-state index contributed by atoms with van der Waals surface area (Å²) in [6, 6.07) is 17.1. The number of nitrogens with zero attached hydrogens (tertiary/aromatic N) is 1. The van der Waals surface area contributed by atoms with Crippen molar-refractivity contribution in [1.82, 2.24) is 4.31 Å². The number of rotatable bonds is 4. The van der Waals surface area contributed by atoms with Gasteiger partial charge in [0.25, 0.3) is 0 Å². The van der Waals surface area contributed by atoms with Gasteiger partial charge in [-0.25, -0.2) is 8.42 Å². The van der Waals surface area contributed by atoms with E-state index < -0.39 is 10.0 Å². The molecule has 162 valence electrons. The Kier molecular flexibility index (Phi) is 5.86. The number of sulfonamides is 1. The molecule has 4 rings (SSSR count). The number of hydrogen-bond acceptors (Lipinski definition) is 3. The lowest BCUT2D eigenvalue weighted by atomic mass is 9.96. The van der Waals surface area contributed by atoms with Crippen molar-refractivity contribution < 1.29 is 13.2 Å². The van der Waals surface area contributed by atoms with Crippen molar-refractivity contribution in [3.05, 3.63) is 71.3 Å². The minimum atomic E-state index is -3.58. The Balaban J connectivity index is 1.44. The lowest BCUT2D eigenvalue weighted by molar-refractivity contribution is -0.120. The fraction of sp³-hybridized carbons (Fsp3) is 0.320. The molecule has 0 bridgehead atoms. The zero-order valence-corrected chi connectivity index (χ0v) is 19.0. The lowest BCUT2D eigenvalue weighted by Gasteiger charge is -2.31. The number of aryl methyl sites for hydroxylation is 3. The Bertz CT molecular complexity index is 1220. The van der Waals surface area contributed by atoms with Crippen molar-refractivity contribution in [3.8, 4) is 0 Å². The number of hydrogen-bond donors (Lipinski definition) is 1. The summed E-state index contributed by atoms with van der Waals surface area (Å²) < 4.78 is 27.8. The molecule has 0 spiro atoms. The van der Waals surface area contributed by atoms with E-state index in [2.05, 4.69) is 17.4 Å². The van der Waals surface area contributed by atoms with Gasteiger partial charge in [-0.05, 0) is 67.6 Å². The second kappa shape index (κ2) is 8.44. The van der Waals surface area contributed by atoms with Gasteiger partial charge in [0.05, 0.1) is 4.90 Å². The molecule has 1 aliphatic heterocycles. The molecule has 0 aliphatic carbocycles. The highest BCUT2D eigenvalue weighted by molar-refractivity contribution is 7.89. The van der Waals surface area contributed by atoms with Crippen LogP contribution < -0.4 is 5.32 Å². The largest absolute Gasteiger partial charge is 0.325 e. The third-order valence-corrected chi connectivity index (χ3v) is 8.00. The monoisotopic (exact) mass is 436 g/mol. The van der Waals surface area contributed by atoms with Crippen molar-refractivity contribution in [2.24, 2.45) is 5.92 Å². The van der Waals surface area contributed by atoms with E-state index in [0.29, 0.717) is 30.8 Å². The second-order valence-corrected chi connectivity index (χ2v) is 10.4. The number of carbonyl (C=O) groups is 1. The van der Waals surface area contributed by atoms with E-state index in [1.54, 1.807) is 12.1 Å². The fourth-order valence-corrected chi connectivity index (χ4v) is 5.94. The van der Waals surface area contributed by atoms with Crippen molar-refractivity contribution in [1.29, 1.82) is 0 Å². The summed E-state index contributed by atoms with van der Waals surface area (Å²) in [6.07, 6.45) is 1.03. The van der Waals surface area contributed by atoms with Gasteiger partial charge in [-0.15, -0.1) is 0 Å². The van der Waals surface area contributed by atoms with Gasteiger partial charge in [0.15, 0.2) is 0 Å². The molecule has 1 saturated heterocycles. The summed E-state index contributed by atoms with van der Waals surface area (Å²) in [5.74, 6) is -0.221. The third kappa shape index (κ3) is 4.36. The molecule has 0 aromatic heterocycles. The van der Waals surface area contributed by atoms with Crippen LogP contribution in [0.4, 0.5) is 5.69 Å². The topological polar surface area (TPSA) is 66.5 Å². The van der Waals surface area contributed by atoms with E-state index in [1.807, 2.05) is 51.1 Å². The highest BCUT2D eigenvalue weighted by atomic mass is 32.2. The van der Waals surface area contributed by atoms with E-state index in [0.717, 1.165) is 27.6 Å². The first-order valence-electron chi connectivity index (χ1n) is 10.6. The van der Waals surface area contributed by atoms with Crippen molar-refractivity contribution in [3.63, 3.8) is 0 Å². The highest BCUT2D eigenvalue weighted by Gasteiger charge is 2.32. The molecule has 1 fully saturated rings. The van der Waals surface area contributed by atoms with Crippen molar-refractivity contribution in [2.45, 2.75) is 38.5 Å². The van der Waals surface area contributed by atoms with Crippen LogP contribution in [-0.4, -0.2) is 31.7 Å². The zero-order chi connectivity index (χ0) is 22.2. The van der Waals surface area contributed by atoms with Gasteiger partial charge in [0, 0.05) is 24.7 Å². The van der Waals surface area contributed by atoms with Gasteiger partial charge in [-0.2, -0.15) is 4.31 Å². The number of piperidine rings is 1. The zero-order valence-electron chi connectivity index (χ0n) is 18.2. The fourth-order valence-electron chi connectivity index (χ4n) is 4.44. The normalized spacial score (nSPS) is 15.8. The summed E-state index contributed by atoms with van der Waals surface area (Å²) in [4.78, 5) is 13.2. The van der Waals surface area contributed by atoms with Crippen molar-refractivity contribution >= 4 is 32.4 Å². The molecule has 0 atom stereocenters. The smallest absolute Gasteiger partial charge is 0.243 e.